The van der Waals surface area contributed by atoms with Crippen LogP contribution in [0, 0.1) is 6.92 Å². The standard InChI is InChI=1S/C16H24N4O/c1-3-14-12(2)10-17-16(18-14)19-8-4-6-13(11-19)20-9-5-7-15(20)21/h10,13H,3-9,11H2,1-2H3. The van der Waals surface area contributed by atoms with E-state index in [4.69, 9.17) is 4.98 Å². The van der Waals surface area contributed by atoms with E-state index in [0.29, 0.717) is 11.9 Å². The number of likely N-dealkylation sites (tertiary alicyclic amines) is 1. The fourth-order valence-electron chi connectivity index (χ4n) is 3.42. The van der Waals surface area contributed by atoms with E-state index < -0.39 is 0 Å². The van der Waals surface area contributed by atoms with E-state index in [-0.39, 0.29) is 0 Å². The third-order valence-corrected chi connectivity index (χ3v) is 4.63. The second-order valence-electron chi connectivity index (χ2n) is 6.09. The summed E-state index contributed by atoms with van der Waals surface area (Å²) in [5.41, 5.74) is 2.28. The Labute approximate surface area is 126 Å². The van der Waals surface area contributed by atoms with Crippen LogP contribution in [0.5, 0.6) is 0 Å². The lowest BCUT2D eigenvalue weighted by molar-refractivity contribution is -0.129. The molecule has 0 saturated carbocycles. The fourth-order valence-corrected chi connectivity index (χ4v) is 3.42. The molecule has 2 aliphatic heterocycles. The molecule has 2 saturated heterocycles. The summed E-state index contributed by atoms with van der Waals surface area (Å²) in [6.07, 6.45) is 6.80. The van der Waals surface area contributed by atoms with E-state index in [0.717, 1.165) is 68.9 Å². The second-order valence-corrected chi connectivity index (χ2v) is 6.09. The molecule has 0 aromatic carbocycles. The molecule has 3 rings (SSSR count). The van der Waals surface area contributed by atoms with E-state index in [2.05, 4.69) is 28.6 Å². The molecule has 2 fully saturated rings. The van der Waals surface area contributed by atoms with Crippen LogP contribution < -0.4 is 4.90 Å². The number of amides is 1. The quantitative estimate of drug-likeness (QED) is 0.853. The SMILES string of the molecule is CCc1nc(N2CCCC(N3CCCC3=O)C2)ncc1C. The van der Waals surface area contributed by atoms with Gasteiger partial charge in [-0.05, 0) is 38.2 Å². The Morgan fingerprint density at radius 1 is 1.33 bits per heavy atom. The normalized spacial score (nSPS) is 23.0. The average molecular weight is 288 g/mol. The monoisotopic (exact) mass is 288 g/mol. The largest absolute Gasteiger partial charge is 0.339 e. The van der Waals surface area contributed by atoms with Gasteiger partial charge in [0.25, 0.3) is 0 Å². The predicted molar refractivity (Wildman–Crippen MR) is 82.3 cm³/mol. The first kappa shape index (κ1) is 14.3. The molecule has 3 heterocycles. The molecule has 5 nitrogen and oxygen atoms in total. The zero-order valence-corrected chi connectivity index (χ0v) is 13.0. The first-order valence-electron chi connectivity index (χ1n) is 8.06. The smallest absolute Gasteiger partial charge is 0.225 e. The Morgan fingerprint density at radius 3 is 2.90 bits per heavy atom. The van der Waals surface area contributed by atoms with E-state index >= 15 is 0 Å². The average Bonchev–Trinajstić information content (AvgIpc) is 2.94. The summed E-state index contributed by atoms with van der Waals surface area (Å²) in [6, 6.07) is 0.337. The minimum absolute atomic E-state index is 0.320. The predicted octanol–water partition coefficient (Wildman–Crippen LogP) is 1.94. The molecule has 21 heavy (non-hydrogen) atoms. The third kappa shape index (κ3) is 2.87. The molecule has 2 aliphatic rings. The Kier molecular flexibility index (Phi) is 4.08. The lowest BCUT2D eigenvalue weighted by Crippen LogP contribution is -2.49. The summed E-state index contributed by atoms with van der Waals surface area (Å²) >= 11 is 0. The van der Waals surface area contributed by atoms with Crippen LogP contribution in [0.3, 0.4) is 0 Å². The lowest BCUT2D eigenvalue weighted by atomic mass is 10.0. The van der Waals surface area contributed by atoms with Gasteiger partial charge in [0.05, 0.1) is 0 Å². The Balaban J connectivity index is 1.75. The van der Waals surface area contributed by atoms with Gasteiger partial charge in [-0.15, -0.1) is 0 Å². The Bertz CT molecular complexity index is 531. The molecule has 0 radical (unpaired) electrons. The third-order valence-electron chi connectivity index (χ3n) is 4.63. The van der Waals surface area contributed by atoms with E-state index in [1.54, 1.807) is 0 Å². The van der Waals surface area contributed by atoms with Crippen molar-refractivity contribution < 1.29 is 4.79 Å². The van der Waals surface area contributed by atoms with Crippen molar-refractivity contribution in [1.29, 1.82) is 0 Å². The van der Waals surface area contributed by atoms with Gasteiger partial charge in [-0.25, -0.2) is 9.97 Å². The maximum atomic E-state index is 11.9. The number of piperidine rings is 1. The van der Waals surface area contributed by atoms with Gasteiger partial charge < -0.3 is 9.80 Å². The van der Waals surface area contributed by atoms with Gasteiger partial charge in [-0.3, -0.25) is 4.79 Å². The van der Waals surface area contributed by atoms with Crippen molar-refractivity contribution in [3.8, 4) is 0 Å². The van der Waals surface area contributed by atoms with Crippen LogP contribution in [0.25, 0.3) is 0 Å². The minimum Gasteiger partial charge on any atom is -0.339 e. The number of hydrogen-bond acceptors (Lipinski definition) is 4. The molecular weight excluding hydrogens is 264 g/mol. The molecule has 1 aromatic heterocycles. The van der Waals surface area contributed by atoms with Crippen molar-refractivity contribution >= 4 is 11.9 Å². The van der Waals surface area contributed by atoms with Gasteiger partial charge >= 0.3 is 0 Å². The van der Waals surface area contributed by atoms with Crippen LogP contribution in [0.4, 0.5) is 5.95 Å². The second kappa shape index (κ2) is 6.00. The number of carbonyl (C=O) groups is 1. The van der Waals surface area contributed by atoms with E-state index in [1.807, 2.05) is 6.20 Å². The first-order chi connectivity index (χ1) is 10.2. The van der Waals surface area contributed by atoms with E-state index in [1.165, 1.54) is 0 Å². The van der Waals surface area contributed by atoms with Gasteiger partial charge in [0.2, 0.25) is 11.9 Å². The molecule has 0 spiro atoms. The van der Waals surface area contributed by atoms with Crippen LogP contribution >= 0.6 is 0 Å². The molecule has 0 bridgehead atoms. The Morgan fingerprint density at radius 2 is 2.19 bits per heavy atom. The summed E-state index contributed by atoms with van der Waals surface area (Å²) in [4.78, 5) is 25.5. The highest BCUT2D eigenvalue weighted by Gasteiger charge is 2.32. The van der Waals surface area contributed by atoms with Crippen molar-refractivity contribution in [1.82, 2.24) is 14.9 Å². The van der Waals surface area contributed by atoms with Gasteiger partial charge in [0.1, 0.15) is 0 Å². The summed E-state index contributed by atoms with van der Waals surface area (Å²) in [6.45, 7) is 6.97. The topological polar surface area (TPSA) is 49.3 Å². The molecule has 1 aromatic rings. The fraction of sp³-hybridized carbons (Fsp3) is 0.688. The highest BCUT2D eigenvalue weighted by atomic mass is 16.2. The summed E-state index contributed by atoms with van der Waals surface area (Å²) in [7, 11) is 0. The number of aryl methyl sites for hydroxylation is 2. The maximum Gasteiger partial charge on any atom is 0.225 e. The number of anilines is 1. The first-order valence-corrected chi connectivity index (χ1v) is 8.06. The molecule has 1 unspecified atom stereocenters. The number of carbonyl (C=O) groups excluding carboxylic acids is 1. The summed E-state index contributed by atoms with van der Waals surface area (Å²) in [5.74, 6) is 1.15. The van der Waals surface area contributed by atoms with Crippen LogP contribution in [-0.2, 0) is 11.2 Å². The van der Waals surface area contributed by atoms with Crippen molar-refractivity contribution in [3.05, 3.63) is 17.5 Å². The van der Waals surface area contributed by atoms with Crippen molar-refractivity contribution in [2.45, 2.75) is 52.0 Å². The van der Waals surface area contributed by atoms with Gasteiger partial charge in [0.15, 0.2) is 0 Å². The number of nitrogens with zero attached hydrogens (tertiary/aromatic N) is 4. The highest BCUT2D eigenvalue weighted by molar-refractivity contribution is 5.78. The van der Waals surface area contributed by atoms with Crippen LogP contribution in [0.2, 0.25) is 0 Å². The van der Waals surface area contributed by atoms with Crippen LogP contribution in [-0.4, -0.2) is 46.5 Å². The zero-order valence-electron chi connectivity index (χ0n) is 13.0. The summed E-state index contributed by atoms with van der Waals surface area (Å²) < 4.78 is 0. The van der Waals surface area contributed by atoms with Gasteiger partial charge in [-0.2, -0.15) is 0 Å². The summed E-state index contributed by atoms with van der Waals surface area (Å²) in [5, 5.41) is 0. The molecule has 114 valence electrons. The number of hydrogen-bond donors (Lipinski definition) is 0. The van der Waals surface area contributed by atoms with Crippen molar-refractivity contribution in [2.75, 3.05) is 24.5 Å². The van der Waals surface area contributed by atoms with Crippen LogP contribution in [0.15, 0.2) is 6.20 Å². The molecule has 1 atom stereocenters. The van der Waals surface area contributed by atoms with Crippen LogP contribution in [0.1, 0.15) is 43.9 Å². The highest BCUT2D eigenvalue weighted by Crippen LogP contribution is 2.24. The molecule has 1 amide bonds. The molecule has 5 heteroatoms. The molecule has 0 N–H and O–H groups in total. The van der Waals surface area contributed by atoms with Crippen molar-refractivity contribution in [3.63, 3.8) is 0 Å². The molecular formula is C16H24N4O. The van der Waals surface area contributed by atoms with Gasteiger partial charge in [-0.1, -0.05) is 6.92 Å². The maximum absolute atomic E-state index is 11.9. The Hall–Kier alpha value is -1.65. The van der Waals surface area contributed by atoms with E-state index in [9.17, 15) is 4.79 Å². The lowest BCUT2D eigenvalue weighted by Gasteiger charge is -2.37. The van der Waals surface area contributed by atoms with Gasteiger partial charge in [0, 0.05) is 44.0 Å². The van der Waals surface area contributed by atoms with Crippen molar-refractivity contribution in [2.24, 2.45) is 0 Å². The molecule has 0 aliphatic carbocycles. The number of aromatic nitrogens is 2. The zero-order chi connectivity index (χ0) is 14.8. The number of rotatable bonds is 3. The minimum atomic E-state index is 0.320.